The Morgan fingerprint density at radius 2 is 0.644 bits per heavy atom. The number of allylic oxidation sites excluding steroid dienone is 3. The molecule has 432 valence electrons. The SMILES string of the molecule is CCCCCCCCCCCCCCCCCCCCCCCC/C=C/C(O)C(CO)NC(=O)CCCCCCCCC/C=C\CCCCCCCCCCCCOC(=O)CCCCCCCCCCCCC. The number of unbranched alkanes of at least 4 members (excludes halogenated alkanes) is 49. The Morgan fingerprint density at radius 3 is 0.973 bits per heavy atom. The van der Waals surface area contributed by atoms with Gasteiger partial charge < -0.3 is 20.3 Å². The molecular weight excluding hydrogens is 899 g/mol. The van der Waals surface area contributed by atoms with Crippen LogP contribution in [0.5, 0.6) is 0 Å². The molecule has 0 bridgehead atoms. The van der Waals surface area contributed by atoms with Gasteiger partial charge in [-0.2, -0.15) is 0 Å². The third-order valence-electron chi connectivity index (χ3n) is 15.5. The first kappa shape index (κ1) is 71.3. The number of nitrogens with one attached hydrogen (secondary N) is 1. The molecule has 0 aliphatic carbocycles. The summed E-state index contributed by atoms with van der Waals surface area (Å²) in [5.41, 5.74) is 0. The molecule has 2 atom stereocenters. The van der Waals surface area contributed by atoms with E-state index in [1.54, 1.807) is 6.08 Å². The van der Waals surface area contributed by atoms with Gasteiger partial charge in [0.25, 0.3) is 0 Å². The molecule has 0 rings (SSSR count). The molecule has 3 N–H and O–H groups in total. The molecule has 0 aromatic rings. The van der Waals surface area contributed by atoms with Crippen LogP contribution in [0.25, 0.3) is 0 Å². The van der Waals surface area contributed by atoms with Crippen LogP contribution in [0.3, 0.4) is 0 Å². The van der Waals surface area contributed by atoms with Gasteiger partial charge in [0.05, 0.1) is 25.4 Å². The van der Waals surface area contributed by atoms with Gasteiger partial charge in [0.1, 0.15) is 0 Å². The molecule has 0 saturated heterocycles. The highest BCUT2D eigenvalue weighted by Gasteiger charge is 2.18. The third kappa shape index (κ3) is 59.4. The minimum absolute atomic E-state index is 0.00790. The standard InChI is InChI=1S/C67H129NO5/c1-3-5-7-9-11-13-15-16-17-18-19-20-21-22-24-27-30-33-36-40-43-47-51-55-59-65(70)64(63-69)68-66(71)60-56-52-48-44-41-37-34-31-28-25-23-26-29-32-35-38-42-46-50-54-58-62-73-67(72)61-57-53-49-45-39-14-12-10-8-6-4-2/h25,28,55,59,64-65,69-70H,3-24,26-27,29-54,56-58,60-63H2,1-2H3,(H,68,71)/b28-25-,59-55+. The van der Waals surface area contributed by atoms with Crippen LogP contribution in [-0.4, -0.2) is 47.4 Å². The zero-order valence-electron chi connectivity index (χ0n) is 49.4. The topological polar surface area (TPSA) is 95.9 Å². The predicted octanol–water partition coefficient (Wildman–Crippen LogP) is 21.0. The molecule has 0 radical (unpaired) electrons. The van der Waals surface area contributed by atoms with Crippen LogP contribution in [0.15, 0.2) is 24.3 Å². The van der Waals surface area contributed by atoms with Gasteiger partial charge in [-0.3, -0.25) is 9.59 Å². The Morgan fingerprint density at radius 1 is 0.370 bits per heavy atom. The van der Waals surface area contributed by atoms with Crippen LogP contribution in [0.2, 0.25) is 0 Å². The van der Waals surface area contributed by atoms with Gasteiger partial charge in [-0.05, 0) is 57.8 Å². The van der Waals surface area contributed by atoms with E-state index in [1.807, 2.05) is 6.08 Å². The molecule has 0 fully saturated rings. The van der Waals surface area contributed by atoms with Crippen molar-refractivity contribution in [1.29, 1.82) is 0 Å². The van der Waals surface area contributed by atoms with E-state index in [0.29, 0.717) is 19.4 Å². The Bertz CT molecular complexity index is 1140. The zero-order chi connectivity index (χ0) is 52.9. The summed E-state index contributed by atoms with van der Waals surface area (Å²) in [4.78, 5) is 24.5. The first-order chi connectivity index (χ1) is 36.0. The zero-order valence-corrected chi connectivity index (χ0v) is 49.4. The maximum atomic E-state index is 12.5. The van der Waals surface area contributed by atoms with Gasteiger partial charge in [-0.15, -0.1) is 0 Å². The molecule has 0 heterocycles. The van der Waals surface area contributed by atoms with E-state index in [4.69, 9.17) is 4.74 Å². The molecule has 2 unspecified atom stereocenters. The van der Waals surface area contributed by atoms with E-state index in [1.165, 1.54) is 295 Å². The fourth-order valence-electron chi connectivity index (χ4n) is 10.4. The van der Waals surface area contributed by atoms with Crippen LogP contribution < -0.4 is 5.32 Å². The lowest BCUT2D eigenvalue weighted by Crippen LogP contribution is -2.45. The van der Waals surface area contributed by atoms with Crippen molar-refractivity contribution in [2.24, 2.45) is 0 Å². The first-order valence-electron chi connectivity index (χ1n) is 33.1. The Kier molecular flexibility index (Phi) is 61.4. The number of ether oxygens (including phenoxy) is 1. The van der Waals surface area contributed by atoms with Crippen molar-refractivity contribution in [2.75, 3.05) is 13.2 Å². The van der Waals surface area contributed by atoms with Gasteiger partial charge in [-0.1, -0.05) is 321 Å². The molecule has 0 aliphatic heterocycles. The lowest BCUT2D eigenvalue weighted by atomic mass is 10.0. The number of hydrogen-bond acceptors (Lipinski definition) is 5. The van der Waals surface area contributed by atoms with Gasteiger partial charge in [0.2, 0.25) is 5.91 Å². The van der Waals surface area contributed by atoms with E-state index < -0.39 is 12.1 Å². The minimum atomic E-state index is -0.850. The second-order valence-electron chi connectivity index (χ2n) is 22.8. The average molecular weight is 1030 g/mol. The van der Waals surface area contributed by atoms with Gasteiger partial charge in [-0.25, -0.2) is 0 Å². The number of hydrogen-bond donors (Lipinski definition) is 3. The third-order valence-corrected chi connectivity index (χ3v) is 15.5. The van der Waals surface area contributed by atoms with Crippen molar-refractivity contribution < 1.29 is 24.5 Å². The van der Waals surface area contributed by atoms with E-state index >= 15 is 0 Å². The summed E-state index contributed by atoms with van der Waals surface area (Å²) in [7, 11) is 0. The van der Waals surface area contributed by atoms with Gasteiger partial charge >= 0.3 is 5.97 Å². The van der Waals surface area contributed by atoms with Gasteiger partial charge in [0, 0.05) is 12.8 Å². The van der Waals surface area contributed by atoms with E-state index in [2.05, 4.69) is 31.3 Å². The number of aliphatic hydroxyl groups is 2. The van der Waals surface area contributed by atoms with Gasteiger partial charge in [0.15, 0.2) is 0 Å². The highest BCUT2D eigenvalue weighted by molar-refractivity contribution is 5.76. The van der Waals surface area contributed by atoms with E-state index in [9.17, 15) is 19.8 Å². The molecule has 0 spiro atoms. The molecule has 6 nitrogen and oxygen atoms in total. The average Bonchev–Trinajstić information content (AvgIpc) is 3.39. The minimum Gasteiger partial charge on any atom is -0.466 e. The Labute approximate surface area is 456 Å². The van der Waals surface area contributed by atoms with E-state index in [0.717, 1.165) is 44.9 Å². The summed E-state index contributed by atoms with van der Waals surface area (Å²) in [6, 6.07) is -0.634. The number of carbonyl (C=O) groups excluding carboxylic acids is 2. The van der Waals surface area contributed by atoms with Crippen molar-refractivity contribution >= 4 is 11.9 Å². The molecule has 73 heavy (non-hydrogen) atoms. The lowest BCUT2D eigenvalue weighted by Gasteiger charge is -2.20. The number of rotatable bonds is 62. The van der Waals surface area contributed by atoms with Crippen molar-refractivity contribution in [1.82, 2.24) is 5.32 Å². The highest BCUT2D eigenvalue weighted by atomic mass is 16.5. The molecule has 0 saturated carbocycles. The summed E-state index contributed by atoms with van der Waals surface area (Å²) in [5, 5.41) is 23.2. The van der Waals surface area contributed by atoms with Crippen molar-refractivity contribution in [2.45, 2.75) is 379 Å². The number of esters is 1. The molecule has 0 aromatic heterocycles. The number of carbonyl (C=O) groups is 2. The monoisotopic (exact) mass is 1030 g/mol. The summed E-state index contributed by atoms with van der Waals surface area (Å²) in [5.74, 6) is -0.0639. The number of amides is 1. The first-order valence-corrected chi connectivity index (χ1v) is 33.1. The van der Waals surface area contributed by atoms with Crippen LogP contribution >= 0.6 is 0 Å². The molecular formula is C67H129NO5. The van der Waals surface area contributed by atoms with E-state index in [-0.39, 0.29) is 18.5 Å². The maximum absolute atomic E-state index is 12.5. The largest absolute Gasteiger partial charge is 0.466 e. The highest BCUT2D eigenvalue weighted by Crippen LogP contribution is 2.18. The lowest BCUT2D eigenvalue weighted by molar-refractivity contribution is -0.143. The fraction of sp³-hybridized carbons (Fsp3) is 0.910. The Balaban J connectivity index is 3.46. The molecule has 0 aliphatic rings. The molecule has 1 amide bonds. The van der Waals surface area contributed by atoms with Crippen molar-refractivity contribution in [3.63, 3.8) is 0 Å². The quantitative estimate of drug-likeness (QED) is 0.0320. The van der Waals surface area contributed by atoms with Crippen molar-refractivity contribution in [3.05, 3.63) is 24.3 Å². The second-order valence-corrected chi connectivity index (χ2v) is 22.8. The number of aliphatic hydroxyl groups excluding tert-OH is 2. The van der Waals surface area contributed by atoms with Crippen LogP contribution in [-0.2, 0) is 14.3 Å². The summed E-state index contributed by atoms with van der Waals surface area (Å²) in [6.45, 7) is 4.92. The van der Waals surface area contributed by atoms with Crippen molar-refractivity contribution in [3.8, 4) is 0 Å². The second kappa shape index (κ2) is 62.9. The van der Waals surface area contributed by atoms with Crippen LogP contribution in [0, 0.1) is 0 Å². The normalized spacial score (nSPS) is 12.7. The summed E-state index contributed by atoms with van der Waals surface area (Å²) >= 11 is 0. The smallest absolute Gasteiger partial charge is 0.305 e. The predicted molar refractivity (Wildman–Crippen MR) is 320 cm³/mol. The summed E-state index contributed by atoms with van der Waals surface area (Å²) < 4.78 is 5.47. The molecule has 6 heteroatoms. The van der Waals surface area contributed by atoms with Crippen LogP contribution in [0.4, 0.5) is 0 Å². The summed E-state index contributed by atoms with van der Waals surface area (Å²) in [6.07, 6.45) is 78.1. The Hall–Kier alpha value is -1.66. The van der Waals surface area contributed by atoms with Crippen LogP contribution in [0.1, 0.15) is 367 Å². The fourth-order valence-corrected chi connectivity index (χ4v) is 10.4. The maximum Gasteiger partial charge on any atom is 0.305 e. The molecule has 0 aromatic carbocycles.